The average molecular weight is 396 g/mol. The Balaban J connectivity index is 1.49. The van der Waals surface area contributed by atoms with Gasteiger partial charge in [-0.05, 0) is 38.0 Å². The van der Waals surface area contributed by atoms with Crippen LogP contribution in [0.3, 0.4) is 0 Å². The summed E-state index contributed by atoms with van der Waals surface area (Å²) in [4.78, 5) is 26.9. The van der Waals surface area contributed by atoms with Gasteiger partial charge in [0.2, 0.25) is 5.91 Å². The molecule has 2 aromatic rings. The number of piperidine rings is 1. The van der Waals surface area contributed by atoms with Gasteiger partial charge in [-0.25, -0.2) is 0 Å². The number of rotatable bonds is 4. The lowest BCUT2D eigenvalue weighted by atomic mass is 9.76. The number of para-hydroxylation sites is 1. The Labute approximate surface area is 171 Å². The Hall–Kier alpha value is -2.76. The van der Waals surface area contributed by atoms with Crippen molar-refractivity contribution in [2.75, 3.05) is 13.1 Å². The van der Waals surface area contributed by atoms with Crippen molar-refractivity contribution in [3.8, 4) is 5.75 Å². The lowest BCUT2D eigenvalue weighted by Gasteiger charge is -2.47. The zero-order valence-electron chi connectivity index (χ0n) is 17.0. The molecule has 0 radical (unpaired) electrons. The Morgan fingerprint density at radius 2 is 1.97 bits per heavy atom. The van der Waals surface area contributed by atoms with Gasteiger partial charge in [0.1, 0.15) is 17.6 Å². The molecule has 0 unspecified atom stereocenters. The van der Waals surface area contributed by atoms with Gasteiger partial charge in [-0.3, -0.25) is 9.59 Å². The molecule has 2 amide bonds. The SMILES string of the molecule is CC(C)NC(=O)C[C@H]1CC2(CCN(C(=O)c3ccoc3)CC2)Oc2ccccc21. The second kappa shape index (κ2) is 7.93. The number of carbonyl (C=O) groups is 2. The number of benzene rings is 1. The molecule has 1 atom stereocenters. The highest BCUT2D eigenvalue weighted by Gasteiger charge is 2.44. The topological polar surface area (TPSA) is 71.8 Å². The molecule has 29 heavy (non-hydrogen) atoms. The number of likely N-dealkylation sites (tertiary alicyclic amines) is 1. The van der Waals surface area contributed by atoms with Crippen LogP contribution >= 0.6 is 0 Å². The molecule has 1 fully saturated rings. The molecule has 1 aromatic carbocycles. The van der Waals surface area contributed by atoms with Gasteiger partial charge < -0.3 is 19.4 Å². The number of ether oxygens (including phenoxy) is 1. The van der Waals surface area contributed by atoms with Crippen LogP contribution in [0.15, 0.2) is 47.3 Å². The van der Waals surface area contributed by atoms with Gasteiger partial charge in [-0.1, -0.05) is 18.2 Å². The highest BCUT2D eigenvalue weighted by molar-refractivity contribution is 5.93. The second-order valence-electron chi connectivity index (χ2n) is 8.45. The number of amides is 2. The van der Waals surface area contributed by atoms with Crippen LogP contribution in [0.4, 0.5) is 0 Å². The third-order valence-electron chi connectivity index (χ3n) is 5.92. The summed E-state index contributed by atoms with van der Waals surface area (Å²) < 4.78 is 11.5. The Kier molecular flexibility index (Phi) is 5.35. The van der Waals surface area contributed by atoms with Gasteiger partial charge in [0.05, 0.1) is 11.8 Å². The van der Waals surface area contributed by atoms with Crippen molar-refractivity contribution in [1.29, 1.82) is 0 Å². The van der Waals surface area contributed by atoms with Crippen molar-refractivity contribution < 1.29 is 18.7 Å². The normalized spacial score (nSPS) is 20.2. The molecule has 6 nitrogen and oxygen atoms in total. The summed E-state index contributed by atoms with van der Waals surface area (Å²) in [5.41, 5.74) is 1.36. The number of hydrogen-bond donors (Lipinski definition) is 1. The van der Waals surface area contributed by atoms with E-state index in [0.29, 0.717) is 25.1 Å². The van der Waals surface area contributed by atoms with E-state index in [-0.39, 0.29) is 29.4 Å². The summed E-state index contributed by atoms with van der Waals surface area (Å²) in [5, 5.41) is 3.01. The van der Waals surface area contributed by atoms with E-state index in [9.17, 15) is 9.59 Å². The molecule has 1 saturated heterocycles. The predicted octanol–water partition coefficient (Wildman–Crippen LogP) is 3.74. The largest absolute Gasteiger partial charge is 0.487 e. The Morgan fingerprint density at radius 1 is 1.21 bits per heavy atom. The summed E-state index contributed by atoms with van der Waals surface area (Å²) in [5.74, 6) is 1.06. The van der Waals surface area contributed by atoms with E-state index in [1.165, 1.54) is 12.5 Å². The summed E-state index contributed by atoms with van der Waals surface area (Å²) in [6.45, 7) is 5.22. The molecule has 154 valence electrons. The molecule has 1 spiro atoms. The first kappa shape index (κ1) is 19.6. The number of nitrogens with one attached hydrogen (secondary N) is 1. The molecule has 2 aliphatic heterocycles. The maximum absolute atomic E-state index is 12.6. The number of nitrogens with zero attached hydrogens (tertiary/aromatic N) is 1. The van der Waals surface area contributed by atoms with Crippen molar-refractivity contribution in [2.45, 2.75) is 57.1 Å². The zero-order chi connectivity index (χ0) is 20.4. The predicted molar refractivity (Wildman–Crippen MR) is 109 cm³/mol. The zero-order valence-corrected chi connectivity index (χ0v) is 17.0. The molecule has 6 heteroatoms. The standard InChI is InChI=1S/C23H28N2O4/c1-16(2)24-21(26)13-18-14-23(29-20-6-4-3-5-19(18)20)8-10-25(11-9-23)22(27)17-7-12-28-15-17/h3-7,12,15-16,18H,8-11,13-14H2,1-2H3,(H,24,26)/t18-/m0/s1. The van der Waals surface area contributed by atoms with Gasteiger partial charge in [0.25, 0.3) is 5.91 Å². The highest BCUT2D eigenvalue weighted by Crippen LogP contribution is 2.46. The van der Waals surface area contributed by atoms with E-state index in [1.807, 2.05) is 36.9 Å². The van der Waals surface area contributed by atoms with E-state index >= 15 is 0 Å². The van der Waals surface area contributed by atoms with E-state index in [2.05, 4.69) is 11.4 Å². The van der Waals surface area contributed by atoms with Crippen molar-refractivity contribution in [3.63, 3.8) is 0 Å². The average Bonchev–Trinajstić information content (AvgIpc) is 3.22. The quantitative estimate of drug-likeness (QED) is 0.855. The minimum atomic E-state index is -0.329. The number of carbonyl (C=O) groups excluding carboxylic acids is 2. The first-order valence-electron chi connectivity index (χ1n) is 10.3. The smallest absolute Gasteiger partial charge is 0.257 e. The first-order chi connectivity index (χ1) is 14.0. The maximum atomic E-state index is 12.6. The molecule has 1 aromatic heterocycles. The molecular weight excluding hydrogens is 368 g/mol. The first-order valence-corrected chi connectivity index (χ1v) is 10.3. The maximum Gasteiger partial charge on any atom is 0.257 e. The number of furan rings is 1. The molecule has 0 aliphatic carbocycles. The fourth-order valence-electron chi connectivity index (χ4n) is 4.52. The van der Waals surface area contributed by atoms with Crippen molar-refractivity contribution >= 4 is 11.8 Å². The second-order valence-corrected chi connectivity index (χ2v) is 8.45. The van der Waals surface area contributed by atoms with Gasteiger partial charge in [-0.2, -0.15) is 0 Å². The van der Waals surface area contributed by atoms with Gasteiger partial charge in [0.15, 0.2) is 0 Å². The monoisotopic (exact) mass is 396 g/mol. The van der Waals surface area contributed by atoms with Crippen LogP contribution in [0, 0.1) is 0 Å². The van der Waals surface area contributed by atoms with Gasteiger partial charge in [0, 0.05) is 44.3 Å². The summed E-state index contributed by atoms with van der Waals surface area (Å²) in [7, 11) is 0. The fourth-order valence-corrected chi connectivity index (χ4v) is 4.52. The van der Waals surface area contributed by atoms with E-state index in [1.54, 1.807) is 6.07 Å². The fraction of sp³-hybridized carbons (Fsp3) is 0.478. The van der Waals surface area contributed by atoms with Crippen molar-refractivity contribution in [2.24, 2.45) is 0 Å². The molecule has 1 N–H and O–H groups in total. The van der Waals surface area contributed by atoms with Crippen LogP contribution in [0.25, 0.3) is 0 Å². The molecule has 0 saturated carbocycles. The number of fused-ring (bicyclic) bond motifs is 1. The van der Waals surface area contributed by atoms with E-state index in [4.69, 9.17) is 9.15 Å². The number of hydrogen-bond acceptors (Lipinski definition) is 4. The Bertz CT molecular complexity index is 867. The third-order valence-corrected chi connectivity index (χ3v) is 5.92. The van der Waals surface area contributed by atoms with E-state index < -0.39 is 0 Å². The molecule has 0 bridgehead atoms. The van der Waals surface area contributed by atoms with Crippen LogP contribution in [0.2, 0.25) is 0 Å². The molecule has 2 aliphatic rings. The van der Waals surface area contributed by atoms with Gasteiger partial charge in [-0.15, -0.1) is 0 Å². The molecule has 3 heterocycles. The van der Waals surface area contributed by atoms with Crippen LogP contribution in [-0.4, -0.2) is 41.4 Å². The third kappa shape index (κ3) is 4.16. The van der Waals surface area contributed by atoms with Crippen LogP contribution in [0.5, 0.6) is 5.75 Å². The van der Waals surface area contributed by atoms with Gasteiger partial charge >= 0.3 is 0 Å². The van der Waals surface area contributed by atoms with Crippen molar-refractivity contribution in [1.82, 2.24) is 10.2 Å². The van der Waals surface area contributed by atoms with Crippen LogP contribution in [0.1, 0.15) is 61.4 Å². The Morgan fingerprint density at radius 3 is 2.66 bits per heavy atom. The molecule has 4 rings (SSSR count). The summed E-state index contributed by atoms with van der Waals surface area (Å²) >= 11 is 0. The van der Waals surface area contributed by atoms with Crippen LogP contribution in [-0.2, 0) is 4.79 Å². The molecular formula is C23H28N2O4. The summed E-state index contributed by atoms with van der Waals surface area (Å²) in [6, 6.07) is 9.85. The van der Waals surface area contributed by atoms with Crippen molar-refractivity contribution in [3.05, 3.63) is 54.0 Å². The van der Waals surface area contributed by atoms with E-state index in [0.717, 1.165) is 30.6 Å². The minimum Gasteiger partial charge on any atom is -0.487 e. The minimum absolute atomic E-state index is 0.00216. The highest BCUT2D eigenvalue weighted by atomic mass is 16.5. The summed E-state index contributed by atoms with van der Waals surface area (Å²) in [6.07, 6.45) is 5.78. The lowest BCUT2D eigenvalue weighted by Crippen LogP contribution is -2.52. The lowest BCUT2D eigenvalue weighted by molar-refractivity contribution is -0.122. The van der Waals surface area contributed by atoms with Crippen LogP contribution < -0.4 is 10.1 Å².